The lowest BCUT2D eigenvalue weighted by Crippen LogP contribution is -2.47. The second-order valence-electron chi connectivity index (χ2n) is 11.1. The van der Waals surface area contributed by atoms with Crippen molar-refractivity contribution in [2.45, 2.75) is 81.6 Å². The first-order chi connectivity index (χ1) is 11.1. The molecule has 0 amide bonds. The molecule has 2 unspecified atom stereocenters. The zero-order chi connectivity index (χ0) is 19.7. The van der Waals surface area contributed by atoms with Gasteiger partial charge >= 0.3 is 0 Å². The zero-order valence-electron chi connectivity index (χ0n) is 18.2. The van der Waals surface area contributed by atoms with E-state index in [0.29, 0.717) is 5.92 Å². The van der Waals surface area contributed by atoms with Gasteiger partial charge in [-0.05, 0) is 39.6 Å². The maximum atomic E-state index is 10.00. The van der Waals surface area contributed by atoms with Crippen LogP contribution < -0.4 is 0 Å². The highest BCUT2D eigenvalue weighted by atomic mass is 14.6. The lowest BCUT2D eigenvalue weighted by Gasteiger charge is -2.53. The molecule has 1 nitrogen and oxygen atoms in total. The normalized spacial score (nSPS) is 16.2. The first-order valence-electron chi connectivity index (χ1n) is 9.59. The van der Waals surface area contributed by atoms with Crippen molar-refractivity contribution in [1.29, 1.82) is 5.26 Å². The van der Waals surface area contributed by atoms with Gasteiger partial charge in [0, 0.05) is 0 Å². The number of hydrogen-bond donors (Lipinski definition) is 0. The summed E-state index contributed by atoms with van der Waals surface area (Å²) in [5.41, 5.74) is 1.44. The van der Waals surface area contributed by atoms with Crippen LogP contribution >= 0.6 is 0 Å². The van der Waals surface area contributed by atoms with Crippen molar-refractivity contribution in [3.63, 3.8) is 0 Å². The summed E-state index contributed by atoms with van der Waals surface area (Å²) < 4.78 is 0. The van der Waals surface area contributed by atoms with Gasteiger partial charge in [-0.1, -0.05) is 99.6 Å². The van der Waals surface area contributed by atoms with Gasteiger partial charge in [-0.25, -0.2) is 0 Å². The van der Waals surface area contributed by atoms with E-state index in [9.17, 15) is 5.26 Å². The molecule has 0 spiro atoms. The zero-order valence-corrected chi connectivity index (χ0v) is 18.2. The van der Waals surface area contributed by atoms with Crippen LogP contribution in [-0.4, -0.2) is 0 Å². The Morgan fingerprint density at radius 1 is 0.800 bits per heavy atom. The number of benzene rings is 1. The van der Waals surface area contributed by atoms with Crippen LogP contribution in [0.3, 0.4) is 0 Å². The summed E-state index contributed by atoms with van der Waals surface area (Å²) in [5, 5.41) is 10.00. The van der Waals surface area contributed by atoms with Crippen molar-refractivity contribution in [1.82, 2.24) is 0 Å². The molecule has 0 aliphatic rings. The Kier molecular flexibility index (Phi) is 6.22. The average Bonchev–Trinajstić information content (AvgIpc) is 2.43. The smallest absolute Gasteiger partial charge is 0.0667 e. The van der Waals surface area contributed by atoms with Crippen LogP contribution in [0, 0.1) is 38.9 Å². The van der Waals surface area contributed by atoms with Crippen LogP contribution in [0.1, 0.15) is 87.1 Å². The van der Waals surface area contributed by atoms with E-state index < -0.39 is 0 Å². The molecule has 0 aromatic heterocycles. The molecule has 0 heterocycles. The van der Waals surface area contributed by atoms with Crippen LogP contribution in [-0.2, 0) is 0 Å². The average molecular weight is 342 g/mol. The maximum absolute atomic E-state index is 10.00. The van der Waals surface area contributed by atoms with Crippen molar-refractivity contribution in [3.8, 4) is 6.07 Å². The molecule has 1 rings (SSSR count). The fraction of sp³-hybridized carbons (Fsp3) is 0.708. The number of nitriles is 1. The third kappa shape index (κ3) is 4.87. The van der Waals surface area contributed by atoms with Gasteiger partial charge in [0.05, 0.1) is 12.0 Å². The Labute approximate surface area is 156 Å². The Balaban J connectivity index is 3.47. The van der Waals surface area contributed by atoms with Crippen molar-refractivity contribution in [2.75, 3.05) is 0 Å². The Bertz CT molecular complexity index is 588. The molecule has 2 atom stereocenters. The minimum atomic E-state index is -0.119. The molecule has 25 heavy (non-hydrogen) atoms. The van der Waals surface area contributed by atoms with Crippen molar-refractivity contribution in [2.24, 2.45) is 27.6 Å². The van der Waals surface area contributed by atoms with Crippen LogP contribution in [0.15, 0.2) is 30.3 Å². The van der Waals surface area contributed by atoms with E-state index in [-0.39, 0.29) is 27.6 Å². The van der Waals surface area contributed by atoms with E-state index in [1.165, 1.54) is 5.56 Å². The Hall–Kier alpha value is -1.29. The largest absolute Gasteiger partial charge is 0.198 e. The van der Waals surface area contributed by atoms with E-state index in [2.05, 4.69) is 106 Å². The molecule has 0 saturated carbocycles. The van der Waals surface area contributed by atoms with Gasteiger partial charge in [-0.3, -0.25) is 0 Å². The lowest BCUT2D eigenvalue weighted by molar-refractivity contribution is -0.0159. The third-order valence-corrected chi connectivity index (χ3v) is 6.27. The molecule has 0 aliphatic heterocycles. The monoisotopic (exact) mass is 341 g/mol. The van der Waals surface area contributed by atoms with Gasteiger partial charge in [0.1, 0.15) is 0 Å². The van der Waals surface area contributed by atoms with Gasteiger partial charge in [-0.2, -0.15) is 5.26 Å². The Morgan fingerprint density at radius 2 is 1.28 bits per heavy atom. The number of rotatable bonds is 5. The van der Waals surface area contributed by atoms with E-state index in [0.717, 1.165) is 6.42 Å². The quantitative estimate of drug-likeness (QED) is 0.545. The van der Waals surface area contributed by atoms with E-state index in [4.69, 9.17) is 0 Å². The summed E-state index contributed by atoms with van der Waals surface area (Å²) in [6, 6.07) is 13.5. The first-order valence-corrected chi connectivity index (χ1v) is 9.59. The lowest BCUT2D eigenvalue weighted by atomic mass is 9.50. The maximum Gasteiger partial charge on any atom is 0.0667 e. The van der Waals surface area contributed by atoms with Crippen molar-refractivity contribution >= 4 is 0 Å². The van der Waals surface area contributed by atoms with E-state index >= 15 is 0 Å². The van der Waals surface area contributed by atoms with E-state index in [1.807, 2.05) is 0 Å². The van der Waals surface area contributed by atoms with Crippen LogP contribution in [0.2, 0.25) is 0 Å². The second-order valence-corrected chi connectivity index (χ2v) is 11.1. The molecule has 0 aliphatic carbocycles. The summed E-state index contributed by atoms with van der Waals surface area (Å²) in [6.45, 7) is 22.9. The van der Waals surface area contributed by atoms with Crippen LogP contribution in [0.25, 0.3) is 0 Å². The summed E-state index contributed by atoms with van der Waals surface area (Å²) in [7, 11) is 0. The molecule has 0 fully saturated rings. The predicted molar refractivity (Wildman–Crippen MR) is 109 cm³/mol. The summed E-state index contributed by atoms with van der Waals surface area (Å²) >= 11 is 0. The molecule has 0 saturated heterocycles. The van der Waals surface area contributed by atoms with Crippen LogP contribution in [0.5, 0.6) is 0 Å². The fourth-order valence-corrected chi connectivity index (χ4v) is 4.35. The minimum absolute atomic E-state index is 0.0128. The second kappa shape index (κ2) is 7.14. The van der Waals surface area contributed by atoms with Gasteiger partial charge in [-0.15, -0.1) is 0 Å². The SMILES string of the molecule is CC(C)(C)CC(c1ccccc1)C(C)(C)C(C)(C)C(C#N)C(C)(C)C. The van der Waals surface area contributed by atoms with Crippen molar-refractivity contribution < 1.29 is 0 Å². The summed E-state index contributed by atoms with van der Waals surface area (Å²) in [6.07, 6.45) is 1.11. The fourth-order valence-electron chi connectivity index (χ4n) is 4.35. The molecule has 0 radical (unpaired) electrons. The van der Waals surface area contributed by atoms with Crippen LogP contribution in [0.4, 0.5) is 0 Å². The molecule has 0 bridgehead atoms. The highest BCUT2D eigenvalue weighted by molar-refractivity contribution is 5.24. The Morgan fingerprint density at radius 3 is 1.64 bits per heavy atom. The van der Waals surface area contributed by atoms with Crippen molar-refractivity contribution in [3.05, 3.63) is 35.9 Å². The van der Waals surface area contributed by atoms with E-state index in [1.54, 1.807) is 0 Å². The summed E-state index contributed by atoms with van der Waals surface area (Å²) in [4.78, 5) is 0. The number of nitrogens with zero attached hydrogens (tertiary/aromatic N) is 1. The predicted octanol–water partition coefficient (Wildman–Crippen LogP) is 7.44. The molecular formula is C24H39N. The van der Waals surface area contributed by atoms with Gasteiger partial charge in [0.25, 0.3) is 0 Å². The minimum Gasteiger partial charge on any atom is -0.198 e. The van der Waals surface area contributed by atoms with Gasteiger partial charge in [0.15, 0.2) is 0 Å². The third-order valence-electron chi connectivity index (χ3n) is 6.27. The topological polar surface area (TPSA) is 23.8 Å². The molecule has 1 heteroatoms. The standard InChI is InChI=1S/C24H39N/c1-21(2,3)16-19(18-14-12-11-13-15-18)23(7,8)24(9,10)20(17-25)22(4,5)6/h11-15,19-20H,16H2,1-10H3. The molecule has 1 aromatic rings. The number of hydrogen-bond acceptors (Lipinski definition) is 1. The summed E-state index contributed by atoms with van der Waals surface area (Å²) in [5.74, 6) is 0.392. The highest BCUT2D eigenvalue weighted by Crippen LogP contribution is 2.58. The van der Waals surface area contributed by atoms with Gasteiger partial charge < -0.3 is 0 Å². The molecule has 0 N–H and O–H groups in total. The molecule has 140 valence electrons. The highest BCUT2D eigenvalue weighted by Gasteiger charge is 2.51. The first kappa shape index (κ1) is 21.8. The molecular weight excluding hydrogens is 302 g/mol. The van der Waals surface area contributed by atoms with Gasteiger partial charge in [0.2, 0.25) is 0 Å². The molecule has 1 aromatic carbocycles.